The highest BCUT2D eigenvalue weighted by Gasteiger charge is 2.50. The zero-order chi connectivity index (χ0) is 21.6. The van der Waals surface area contributed by atoms with Crippen LogP contribution < -0.4 is 5.73 Å². The predicted octanol–water partition coefficient (Wildman–Crippen LogP) is 1.02. The van der Waals surface area contributed by atoms with Gasteiger partial charge in [-0.05, 0) is 23.3 Å². The van der Waals surface area contributed by atoms with Crippen molar-refractivity contribution >= 4 is 51.0 Å². The van der Waals surface area contributed by atoms with E-state index >= 15 is 0 Å². The molecule has 1 aliphatic rings. The van der Waals surface area contributed by atoms with E-state index in [4.69, 9.17) is 49.8 Å². The Morgan fingerprint density at radius 3 is 2.38 bits per heavy atom. The van der Waals surface area contributed by atoms with Gasteiger partial charge in [0.05, 0.1) is 25.3 Å². The van der Waals surface area contributed by atoms with E-state index in [0.29, 0.717) is 0 Å². The normalized spacial score (nSPS) is 19.9. The Kier molecular flexibility index (Phi) is 5.25. The molecule has 3 rings (SSSR count). The second-order valence-corrected chi connectivity index (χ2v) is 8.34. The topological polar surface area (TPSA) is 95.7 Å². The minimum absolute atomic E-state index is 0.00476. The minimum Gasteiger partial charge on any atom is -0.467 e. The van der Waals surface area contributed by atoms with Crippen LogP contribution in [0.25, 0.3) is 0 Å². The third kappa shape index (κ3) is 3.53. The van der Waals surface area contributed by atoms with E-state index in [9.17, 15) is 17.6 Å². The Morgan fingerprint density at radius 2 is 1.79 bits per heavy atom. The summed E-state index contributed by atoms with van der Waals surface area (Å²) >= 11 is 5.71. The van der Waals surface area contributed by atoms with Crippen molar-refractivity contribution < 1.29 is 26.5 Å². The van der Waals surface area contributed by atoms with Gasteiger partial charge in [-0.1, -0.05) is 48.0 Å². The van der Waals surface area contributed by atoms with Crippen molar-refractivity contribution in [3.8, 4) is 0 Å². The zero-order valence-corrected chi connectivity index (χ0v) is 16.2. The average molecular weight is 427 g/mol. The molecule has 0 aromatic heterocycles. The van der Waals surface area contributed by atoms with Gasteiger partial charge in [-0.15, -0.1) is 0 Å². The van der Waals surface area contributed by atoms with Crippen molar-refractivity contribution in [1.29, 1.82) is 0 Å². The van der Waals surface area contributed by atoms with Gasteiger partial charge in [0.25, 0.3) is 0 Å². The molecule has 12 heteroatoms. The van der Waals surface area contributed by atoms with Crippen LogP contribution in [0.15, 0.2) is 60.2 Å². The summed E-state index contributed by atoms with van der Waals surface area (Å²) in [6.45, 7) is 0. The molecule has 6 radical (unpaired) electrons. The third-order valence-corrected chi connectivity index (χ3v) is 5.96. The maximum Gasteiger partial charge on any atom is 0.302 e. The molecule has 1 heterocycles. The molecular formula is C17H10B3ClFNO5S. The van der Waals surface area contributed by atoms with Crippen LogP contribution in [0.4, 0.5) is 4.39 Å². The molecule has 0 bridgehead atoms. The summed E-state index contributed by atoms with van der Waals surface area (Å²) in [7, 11) is 12.6. The summed E-state index contributed by atoms with van der Waals surface area (Å²) in [5.74, 6) is -3.54. The number of benzene rings is 2. The molecule has 0 spiro atoms. The fraction of sp³-hybridized carbons (Fsp3) is 0.118. The number of hydrogen-bond donors (Lipinski definition) is 1. The average Bonchev–Trinajstić information content (AvgIpc) is 2.88. The number of nitrogens with two attached hydrogens (primary N) is 1. The van der Waals surface area contributed by atoms with Crippen molar-refractivity contribution in [3.05, 3.63) is 82.1 Å². The molecule has 6 nitrogen and oxygen atoms in total. The first kappa shape index (κ1) is 21.3. The van der Waals surface area contributed by atoms with Gasteiger partial charge < -0.3 is 14.7 Å². The highest BCUT2D eigenvalue weighted by atomic mass is 35.5. The Bertz CT molecular complexity index is 1130. The molecule has 29 heavy (non-hydrogen) atoms. The second-order valence-electron chi connectivity index (χ2n) is 6.19. The predicted molar refractivity (Wildman–Crippen MR) is 106 cm³/mol. The molecule has 2 aromatic rings. The van der Waals surface area contributed by atoms with E-state index in [1.165, 1.54) is 24.3 Å². The van der Waals surface area contributed by atoms with Gasteiger partial charge in [0.2, 0.25) is 17.4 Å². The number of hydrogen-bond acceptors (Lipinski definition) is 6. The number of carbonyl (C=O) groups is 1. The molecule has 1 atom stereocenters. The SMILES string of the molecule is [B]C([B])(c1ccccc1)S(=O)(=O)OC1=C(N)O[C@@]([B])(c2ccc(F)c(Cl)c2)C1=O. The van der Waals surface area contributed by atoms with E-state index in [-0.39, 0.29) is 16.1 Å². The van der Waals surface area contributed by atoms with E-state index in [2.05, 4.69) is 0 Å². The summed E-state index contributed by atoms with van der Waals surface area (Å²) in [5, 5.41) is -0.337. The summed E-state index contributed by atoms with van der Waals surface area (Å²) < 4.78 is 46.2. The standard InChI is InChI=1S/C17H10B3ClFNO5S/c18-16(10-6-7-12(22)11(21)8-10)14(24)13(15(23)27-16)28-29(25,26)17(19,20)9-4-2-1-3-5-9/h1-8H,23H2/t16-/m0/s1. The van der Waals surface area contributed by atoms with E-state index in [1.807, 2.05) is 0 Å². The van der Waals surface area contributed by atoms with Gasteiger partial charge in [0.15, 0.2) is 5.50 Å². The summed E-state index contributed by atoms with van der Waals surface area (Å²) in [6, 6.07) is 10.5. The number of ether oxygens (including phenoxy) is 1. The zero-order valence-electron chi connectivity index (χ0n) is 14.6. The molecule has 0 unspecified atom stereocenters. The van der Waals surface area contributed by atoms with E-state index in [0.717, 1.165) is 18.2 Å². The molecule has 0 saturated carbocycles. The van der Waals surface area contributed by atoms with Gasteiger partial charge in [0, 0.05) is 0 Å². The Balaban J connectivity index is 1.95. The van der Waals surface area contributed by atoms with Crippen LogP contribution in [0.1, 0.15) is 11.1 Å². The Labute approximate surface area is 175 Å². The third-order valence-electron chi connectivity index (χ3n) is 4.22. The van der Waals surface area contributed by atoms with Gasteiger partial charge in [-0.2, -0.15) is 8.42 Å². The monoisotopic (exact) mass is 427 g/mol. The maximum atomic E-state index is 13.4. The highest BCUT2D eigenvalue weighted by Crippen LogP contribution is 2.38. The number of carbonyl (C=O) groups excluding carboxylic acids is 1. The lowest BCUT2D eigenvalue weighted by atomic mass is 9.65. The number of halogens is 2. The summed E-state index contributed by atoms with van der Waals surface area (Å²) in [4.78, 5) is 12.8. The van der Waals surface area contributed by atoms with Crippen molar-refractivity contribution in [2.24, 2.45) is 5.73 Å². The fourth-order valence-electron chi connectivity index (χ4n) is 2.56. The molecule has 0 amide bonds. The molecule has 142 valence electrons. The smallest absolute Gasteiger partial charge is 0.302 e. The van der Waals surface area contributed by atoms with Gasteiger partial charge >= 0.3 is 10.1 Å². The first-order chi connectivity index (χ1) is 13.4. The lowest BCUT2D eigenvalue weighted by Gasteiger charge is -2.26. The van der Waals surface area contributed by atoms with Crippen molar-refractivity contribution in [1.82, 2.24) is 0 Å². The van der Waals surface area contributed by atoms with Crippen LogP contribution in [0.2, 0.25) is 5.02 Å². The minimum atomic E-state index is -4.83. The van der Waals surface area contributed by atoms with Crippen LogP contribution in [0, 0.1) is 5.82 Å². The highest BCUT2D eigenvalue weighted by molar-refractivity contribution is 7.90. The van der Waals surface area contributed by atoms with Crippen LogP contribution in [0.5, 0.6) is 0 Å². The quantitative estimate of drug-likeness (QED) is 0.566. The maximum absolute atomic E-state index is 13.4. The summed E-state index contributed by atoms with van der Waals surface area (Å²) in [5.41, 5.74) is 3.25. The van der Waals surface area contributed by atoms with Gasteiger partial charge in [0.1, 0.15) is 13.7 Å². The van der Waals surface area contributed by atoms with Crippen LogP contribution >= 0.6 is 11.6 Å². The van der Waals surface area contributed by atoms with E-state index in [1.54, 1.807) is 6.07 Å². The Morgan fingerprint density at radius 1 is 1.17 bits per heavy atom. The van der Waals surface area contributed by atoms with Gasteiger partial charge in [-0.3, -0.25) is 4.79 Å². The first-order valence-corrected chi connectivity index (χ1v) is 9.74. The van der Waals surface area contributed by atoms with Crippen LogP contribution in [-0.4, -0.2) is 37.7 Å². The van der Waals surface area contributed by atoms with Crippen molar-refractivity contribution in [2.45, 2.75) is 10.0 Å². The molecule has 0 aliphatic carbocycles. The molecule has 2 aromatic carbocycles. The number of ketones is 1. The van der Waals surface area contributed by atoms with Crippen molar-refractivity contribution in [2.75, 3.05) is 0 Å². The number of Topliss-reactive ketones (excluding diaryl/α,β-unsaturated/α-hetero) is 1. The second kappa shape index (κ2) is 7.14. The largest absolute Gasteiger partial charge is 0.467 e. The lowest BCUT2D eigenvalue weighted by Crippen LogP contribution is -2.40. The molecule has 0 fully saturated rings. The first-order valence-electron chi connectivity index (χ1n) is 7.95. The summed E-state index contributed by atoms with van der Waals surface area (Å²) in [6.07, 6.45) is 0. The molecule has 1 aliphatic heterocycles. The van der Waals surface area contributed by atoms with Crippen LogP contribution in [0.3, 0.4) is 0 Å². The molecule has 2 N–H and O–H groups in total. The van der Waals surface area contributed by atoms with E-state index < -0.39 is 43.4 Å². The fourth-order valence-corrected chi connectivity index (χ4v) is 3.68. The lowest BCUT2D eigenvalue weighted by molar-refractivity contribution is -0.126. The number of rotatable bonds is 5. The van der Waals surface area contributed by atoms with Crippen LogP contribution in [-0.2, 0) is 33.9 Å². The molecular weight excluding hydrogens is 417 g/mol. The van der Waals surface area contributed by atoms with Crippen molar-refractivity contribution in [3.63, 3.8) is 0 Å². The Hall–Kier alpha value is -2.39. The van der Waals surface area contributed by atoms with Gasteiger partial charge in [-0.25, -0.2) is 4.39 Å². The molecule has 0 saturated heterocycles.